The van der Waals surface area contributed by atoms with Crippen molar-refractivity contribution in [2.75, 3.05) is 0 Å². The van der Waals surface area contributed by atoms with Gasteiger partial charge in [-0.1, -0.05) is 32.0 Å². The summed E-state index contributed by atoms with van der Waals surface area (Å²) in [5.74, 6) is -0.0393. The number of nitrogens with zero attached hydrogens (tertiary/aromatic N) is 2. The standard InChI is InChI=1S/C19H24F3N3O/c1-5-25-17(11-14(24-25)10-12(2)3)18(26)23-13(4)15-8-6-7-9-16(15)19(20,21)22/h6-9,11-13H,5,10H2,1-4H3,(H,23,26)/t13-/m1/s1. The van der Waals surface area contributed by atoms with Crippen molar-refractivity contribution in [1.82, 2.24) is 15.1 Å². The summed E-state index contributed by atoms with van der Waals surface area (Å²) < 4.78 is 41.1. The van der Waals surface area contributed by atoms with Crippen molar-refractivity contribution >= 4 is 5.91 Å². The van der Waals surface area contributed by atoms with E-state index in [0.29, 0.717) is 18.2 Å². The second-order valence-corrected chi connectivity index (χ2v) is 6.71. The van der Waals surface area contributed by atoms with E-state index in [1.54, 1.807) is 17.7 Å². The lowest BCUT2D eigenvalue weighted by molar-refractivity contribution is -0.138. The summed E-state index contributed by atoms with van der Waals surface area (Å²) in [4.78, 5) is 12.6. The summed E-state index contributed by atoms with van der Waals surface area (Å²) in [5.41, 5.74) is 0.463. The number of amides is 1. The molecule has 0 aliphatic rings. The van der Waals surface area contributed by atoms with Gasteiger partial charge >= 0.3 is 6.18 Å². The molecule has 0 unspecified atom stereocenters. The molecular weight excluding hydrogens is 343 g/mol. The summed E-state index contributed by atoms with van der Waals surface area (Å²) in [6.07, 6.45) is -3.73. The number of carbonyl (C=O) groups excluding carboxylic acids is 1. The molecule has 0 aliphatic heterocycles. The molecule has 26 heavy (non-hydrogen) atoms. The normalized spacial score (nSPS) is 13.1. The van der Waals surface area contributed by atoms with Gasteiger partial charge in [0, 0.05) is 6.54 Å². The third-order valence-corrected chi connectivity index (χ3v) is 4.06. The first-order chi connectivity index (χ1) is 12.1. The van der Waals surface area contributed by atoms with E-state index in [-0.39, 0.29) is 5.56 Å². The van der Waals surface area contributed by atoms with Crippen molar-refractivity contribution in [3.05, 3.63) is 52.8 Å². The molecule has 1 amide bonds. The van der Waals surface area contributed by atoms with Crippen LogP contribution in [-0.4, -0.2) is 15.7 Å². The van der Waals surface area contributed by atoms with Crippen LogP contribution in [0, 0.1) is 5.92 Å². The number of benzene rings is 1. The Morgan fingerprint density at radius 3 is 2.46 bits per heavy atom. The smallest absolute Gasteiger partial charge is 0.344 e. The maximum absolute atomic E-state index is 13.2. The second-order valence-electron chi connectivity index (χ2n) is 6.71. The van der Waals surface area contributed by atoms with E-state index in [2.05, 4.69) is 24.3 Å². The molecule has 0 spiro atoms. The molecule has 0 fully saturated rings. The summed E-state index contributed by atoms with van der Waals surface area (Å²) >= 11 is 0. The van der Waals surface area contributed by atoms with E-state index in [9.17, 15) is 18.0 Å². The molecule has 0 saturated heterocycles. The molecule has 1 heterocycles. The Morgan fingerprint density at radius 1 is 1.23 bits per heavy atom. The van der Waals surface area contributed by atoms with Crippen molar-refractivity contribution in [2.24, 2.45) is 5.92 Å². The summed E-state index contributed by atoms with van der Waals surface area (Å²) in [7, 11) is 0. The first kappa shape index (κ1) is 20.0. The predicted octanol–water partition coefficient (Wildman–Crippen LogP) is 4.61. The Morgan fingerprint density at radius 2 is 1.88 bits per heavy atom. The fourth-order valence-electron chi connectivity index (χ4n) is 2.89. The van der Waals surface area contributed by atoms with E-state index in [1.165, 1.54) is 18.2 Å². The van der Waals surface area contributed by atoms with Crippen LogP contribution in [0.3, 0.4) is 0 Å². The first-order valence-corrected chi connectivity index (χ1v) is 8.67. The number of carbonyl (C=O) groups is 1. The highest BCUT2D eigenvalue weighted by Gasteiger charge is 2.34. The average Bonchev–Trinajstić information content (AvgIpc) is 2.96. The molecule has 0 bridgehead atoms. The Kier molecular flexibility index (Phi) is 6.10. The SMILES string of the molecule is CCn1nc(CC(C)C)cc1C(=O)N[C@H](C)c1ccccc1C(F)(F)F. The maximum Gasteiger partial charge on any atom is 0.416 e. The highest BCUT2D eigenvalue weighted by atomic mass is 19.4. The van der Waals surface area contributed by atoms with Crippen LogP contribution < -0.4 is 5.32 Å². The number of alkyl halides is 3. The van der Waals surface area contributed by atoms with E-state index >= 15 is 0 Å². The van der Waals surface area contributed by atoms with Gasteiger partial charge in [0.25, 0.3) is 5.91 Å². The lowest BCUT2D eigenvalue weighted by Crippen LogP contribution is -2.30. The van der Waals surface area contributed by atoms with E-state index in [1.807, 2.05) is 6.92 Å². The molecule has 1 atom stereocenters. The number of halogens is 3. The number of hydrogen-bond acceptors (Lipinski definition) is 2. The molecule has 2 aromatic rings. The monoisotopic (exact) mass is 367 g/mol. The molecule has 0 saturated carbocycles. The fraction of sp³-hybridized carbons (Fsp3) is 0.474. The van der Waals surface area contributed by atoms with Crippen molar-refractivity contribution in [1.29, 1.82) is 0 Å². The zero-order chi connectivity index (χ0) is 19.5. The average molecular weight is 367 g/mol. The molecule has 7 heteroatoms. The van der Waals surface area contributed by atoms with Gasteiger partial charge in [-0.25, -0.2) is 0 Å². The minimum absolute atomic E-state index is 0.0401. The lowest BCUT2D eigenvalue weighted by Gasteiger charge is -2.19. The number of aromatic nitrogens is 2. The van der Waals surface area contributed by atoms with Crippen molar-refractivity contribution < 1.29 is 18.0 Å². The molecule has 142 valence electrons. The van der Waals surface area contributed by atoms with Crippen molar-refractivity contribution in [3.8, 4) is 0 Å². The maximum atomic E-state index is 13.2. The van der Waals surface area contributed by atoms with Crippen LogP contribution >= 0.6 is 0 Å². The molecule has 0 aliphatic carbocycles. The van der Waals surface area contributed by atoms with Gasteiger partial charge in [0.15, 0.2) is 0 Å². The lowest BCUT2D eigenvalue weighted by atomic mass is 10.0. The molecule has 1 N–H and O–H groups in total. The third-order valence-electron chi connectivity index (χ3n) is 4.06. The minimum Gasteiger partial charge on any atom is -0.344 e. The van der Waals surface area contributed by atoms with Gasteiger partial charge in [-0.15, -0.1) is 0 Å². The van der Waals surface area contributed by atoms with Gasteiger partial charge in [0.05, 0.1) is 17.3 Å². The van der Waals surface area contributed by atoms with Gasteiger partial charge in [0.1, 0.15) is 5.69 Å². The van der Waals surface area contributed by atoms with Gasteiger partial charge in [-0.2, -0.15) is 18.3 Å². The van der Waals surface area contributed by atoms with Gasteiger partial charge in [0.2, 0.25) is 0 Å². The van der Waals surface area contributed by atoms with E-state index < -0.39 is 23.7 Å². The Balaban J connectivity index is 2.24. The molecular formula is C19H24F3N3O. The number of aryl methyl sites for hydroxylation is 1. The van der Waals surface area contributed by atoms with Crippen LogP contribution in [0.5, 0.6) is 0 Å². The van der Waals surface area contributed by atoms with Crippen LogP contribution in [0.2, 0.25) is 0 Å². The molecule has 1 aromatic heterocycles. The Hall–Kier alpha value is -2.31. The predicted molar refractivity (Wildman–Crippen MR) is 93.8 cm³/mol. The zero-order valence-electron chi connectivity index (χ0n) is 15.4. The molecule has 1 aromatic carbocycles. The summed E-state index contributed by atoms with van der Waals surface area (Å²) in [5, 5.41) is 7.07. The number of hydrogen-bond donors (Lipinski definition) is 1. The van der Waals surface area contributed by atoms with Crippen molar-refractivity contribution in [2.45, 2.75) is 52.9 Å². The second kappa shape index (κ2) is 7.93. The van der Waals surface area contributed by atoms with E-state index in [0.717, 1.165) is 18.2 Å². The van der Waals surface area contributed by atoms with E-state index in [4.69, 9.17) is 0 Å². The van der Waals surface area contributed by atoms with Gasteiger partial charge in [-0.3, -0.25) is 9.48 Å². The third kappa shape index (κ3) is 4.65. The topological polar surface area (TPSA) is 46.9 Å². The van der Waals surface area contributed by atoms with Crippen LogP contribution in [0.25, 0.3) is 0 Å². The van der Waals surface area contributed by atoms with Crippen molar-refractivity contribution in [3.63, 3.8) is 0 Å². The minimum atomic E-state index is -4.47. The highest BCUT2D eigenvalue weighted by Crippen LogP contribution is 2.34. The largest absolute Gasteiger partial charge is 0.416 e. The fourth-order valence-corrected chi connectivity index (χ4v) is 2.89. The van der Waals surface area contributed by atoms with Gasteiger partial charge < -0.3 is 5.32 Å². The van der Waals surface area contributed by atoms with Crippen LogP contribution in [-0.2, 0) is 19.1 Å². The number of nitrogens with one attached hydrogen (secondary N) is 1. The Labute approximate surface area is 151 Å². The van der Waals surface area contributed by atoms with Crippen LogP contribution in [0.15, 0.2) is 30.3 Å². The van der Waals surface area contributed by atoms with Crippen LogP contribution in [0.4, 0.5) is 13.2 Å². The highest BCUT2D eigenvalue weighted by molar-refractivity contribution is 5.93. The molecule has 2 rings (SSSR count). The summed E-state index contributed by atoms with van der Waals surface area (Å²) in [6.45, 7) is 8.03. The molecule has 4 nitrogen and oxygen atoms in total. The quantitative estimate of drug-likeness (QED) is 0.810. The summed E-state index contributed by atoms with van der Waals surface area (Å²) in [6, 6.07) is 6.20. The number of rotatable bonds is 6. The van der Waals surface area contributed by atoms with Crippen LogP contribution in [0.1, 0.15) is 61.0 Å². The Bertz CT molecular complexity index is 766. The first-order valence-electron chi connectivity index (χ1n) is 8.67. The van der Waals surface area contributed by atoms with Gasteiger partial charge in [-0.05, 0) is 43.9 Å². The molecule has 0 radical (unpaired) electrons. The zero-order valence-corrected chi connectivity index (χ0v) is 15.4.